The Balaban J connectivity index is 1.81. The molecule has 8 heteroatoms. The number of fused-ring (bicyclic) bond motifs is 1. The number of likely N-dealkylation sites (N-methyl/N-ethyl adjacent to an activating group) is 1. The minimum Gasteiger partial charge on any atom is -0.492 e. The summed E-state index contributed by atoms with van der Waals surface area (Å²) in [6, 6.07) is 7.77. The molecule has 0 aliphatic carbocycles. The Labute approximate surface area is 161 Å². The summed E-state index contributed by atoms with van der Waals surface area (Å²) in [5, 5.41) is 16.0. The molecular weight excluding hydrogens is 370 g/mol. The molecule has 0 amide bonds. The lowest BCUT2D eigenvalue weighted by Gasteiger charge is -2.38. The molecule has 138 valence electrons. The number of rotatable bonds is 4. The summed E-state index contributed by atoms with van der Waals surface area (Å²) >= 11 is 8.03. The van der Waals surface area contributed by atoms with E-state index in [-0.39, 0.29) is 11.9 Å². The highest BCUT2D eigenvalue weighted by Gasteiger charge is 2.32. The fourth-order valence-electron chi connectivity index (χ4n) is 3.40. The van der Waals surface area contributed by atoms with Gasteiger partial charge < -0.3 is 10.0 Å². The third kappa shape index (κ3) is 3.09. The first-order valence-corrected chi connectivity index (χ1v) is 10.0. The van der Waals surface area contributed by atoms with Crippen LogP contribution in [0.25, 0.3) is 4.96 Å². The number of piperazine rings is 1. The predicted octanol–water partition coefficient (Wildman–Crippen LogP) is 3.05. The molecule has 0 saturated carbocycles. The van der Waals surface area contributed by atoms with E-state index in [1.165, 1.54) is 11.3 Å². The summed E-state index contributed by atoms with van der Waals surface area (Å²) < 4.78 is 1.55. The van der Waals surface area contributed by atoms with E-state index < -0.39 is 0 Å². The number of aryl methyl sites for hydroxylation is 1. The Hall–Kier alpha value is -1.67. The Morgan fingerprint density at radius 3 is 2.62 bits per heavy atom. The Morgan fingerprint density at radius 2 is 1.96 bits per heavy atom. The third-order valence-corrected chi connectivity index (χ3v) is 6.33. The van der Waals surface area contributed by atoms with Crippen molar-refractivity contribution >= 4 is 27.9 Å². The van der Waals surface area contributed by atoms with Crippen molar-refractivity contribution in [2.45, 2.75) is 19.4 Å². The second-order valence-corrected chi connectivity index (χ2v) is 8.05. The first-order valence-electron chi connectivity index (χ1n) is 8.82. The maximum absolute atomic E-state index is 10.9. The molecule has 1 fully saturated rings. The van der Waals surface area contributed by atoms with E-state index >= 15 is 0 Å². The van der Waals surface area contributed by atoms with E-state index in [4.69, 9.17) is 11.6 Å². The molecule has 3 heterocycles. The summed E-state index contributed by atoms with van der Waals surface area (Å²) in [5.41, 5.74) is 1.01. The van der Waals surface area contributed by atoms with Gasteiger partial charge in [0.15, 0.2) is 5.82 Å². The summed E-state index contributed by atoms with van der Waals surface area (Å²) in [4.78, 5) is 10.8. The van der Waals surface area contributed by atoms with Crippen LogP contribution in [0, 0.1) is 0 Å². The highest BCUT2D eigenvalue weighted by Crippen LogP contribution is 2.42. The zero-order chi connectivity index (χ0) is 18.3. The number of hydrogen-bond acceptors (Lipinski definition) is 6. The van der Waals surface area contributed by atoms with Crippen LogP contribution in [0.2, 0.25) is 5.02 Å². The van der Waals surface area contributed by atoms with Crippen molar-refractivity contribution in [1.29, 1.82) is 0 Å². The van der Waals surface area contributed by atoms with Gasteiger partial charge in [-0.25, -0.2) is 4.98 Å². The molecule has 1 saturated heterocycles. The van der Waals surface area contributed by atoms with E-state index in [1.54, 1.807) is 4.52 Å². The number of aromatic hydroxyl groups is 1. The molecule has 1 N–H and O–H groups in total. The highest BCUT2D eigenvalue weighted by molar-refractivity contribution is 7.17. The molecule has 1 atom stereocenters. The largest absolute Gasteiger partial charge is 0.492 e. The van der Waals surface area contributed by atoms with Crippen LogP contribution in [-0.4, -0.2) is 62.7 Å². The maximum atomic E-state index is 10.9. The van der Waals surface area contributed by atoms with Crippen LogP contribution in [0.5, 0.6) is 5.88 Å². The molecular formula is C18H22ClN5OS. The van der Waals surface area contributed by atoms with Gasteiger partial charge in [0.25, 0.3) is 0 Å². The van der Waals surface area contributed by atoms with E-state index in [0.29, 0.717) is 5.02 Å². The van der Waals surface area contributed by atoms with E-state index in [2.05, 4.69) is 26.9 Å². The van der Waals surface area contributed by atoms with Crippen molar-refractivity contribution in [3.8, 4) is 5.88 Å². The predicted molar refractivity (Wildman–Crippen MR) is 104 cm³/mol. The monoisotopic (exact) mass is 391 g/mol. The quantitative estimate of drug-likeness (QED) is 0.740. The van der Waals surface area contributed by atoms with Crippen molar-refractivity contribution in [3.63, 3.8) is 0 Å². The number of thiazole rings is 1. The van der Waals surface area contributed by atoms with Crippen molar-refractivity contribution in [3.05, 3.63) is 45.6 Å². The molecule has 3 aromatic rings. The fraction of sp³-hybridized carbons (Fsp3) is 0.444. The van der Waals surface area contributed by atoms with Crippen LogP contribution >= 0.6 is 22.9 Å². The molecule has 0 radical (unpaired) electrons. The van der Waals surface area contributed by atoms with Gasteiger partial charge in [-0.3, -0.25) is 4.90 Å². The van der Waals surface area contributed by atoms with Crippen LogP contribution < -0.4 is 0 Å². The molecule has 26 heavy (non-hydrogen) atoms. The molecule has 2 aromatic heterocycles. The van der Waals surface area contributed by atoms with Crippen LogP contribution in [0.3, 0.4) is 0 Å². The summed E-state index contributed by atoms with van der Waals surface area (Å²) in [6.07, 6.45) is 0.746. The van der Waals surface area contributed by atoms with E-state index in [1.807, 2.05) is 31.2 Å². The lowest BCUT2D eigenvalue weighted by molar-refractivity contribution is 0.127. The number of hydrogen-bond donors (Lipinski definition) is 1. The van der Waals surface area contributed by atoms with Crippen LogP contribution in [0.4, 0.5) is 0 Å². The van der Waals surface area contributed by atoms with E-state index in [9.17, 15) is 5.11 Å². The lowest BCUT2D eigenvalue weighted by atomic mass is 10.0. The van der Waals surface area contributed by atoms with E-state index in [0.717, 1.165) is 53.8 Å². The SMILES string of the molecule is CCc1nc2sc([C@@H](c3ccccc3Cl)N3CCN(C)CC3)c(O)n2n1. The van der Waals surface area contributed by atoms with Crippen LogP contribution in [0.15, 0.2) is 24.3 Å². The van der Waals surface area contributed by atoms with Crippen molar-refractivity contribution in [2.24, 2.45) is 0 Å². The number of aromatic nitrogens is 3. The van der Waals surface area contributed by atoms with Crippen LogP contribution in [0.1, 0.15) is 29.2 Å². The number of benzene rings is 1. The molecule has 0 spiro atoms. The van der Waals surface area contributed by atoms with Gasteiger partial charge in [-0.05, 0) is 18.7 Å². The van der Waals surface area contributed by atoms with Gasteiger partial charge in [-0.1, -0.05) is 48.1 Å². The molecule has 6 nitrogen and oxygen atoms in total. The zero-order valence-electron chi connectivity index (χ0n) is 14.9. The molecule has 1 aliphatic heterocycles. The zero-order valence-corrected chi connectivity index (χ0v) is 16.5. The number of nitrogens with zero attached hydrogens (tertiary/aromatic N) is 5. The van der Waals surface area contributed by atoms with Crippen molar-refractivity contribution in [2.75, 3.05) is 33.2 Å². The van der Waals surface area contributed by atoms with Gasteiger partial charge in [0.1, 0.15) is 0 Å². The Kier molecular flexibility index (Phi) is 4.88. The summed E-state index contributed by atoms with van der Waals surface area (Å²) in [6.45, 7) is 5.82. The molecule has 0 bridgehead atoms. The smallest absolute Gasteiger partial charge is 0.230 e. The Morgan fingerprint density at radius 1 is 1.23 bits per heavy atom. The lowest BCUT2D eigenvalue weighted by Crippen LogP contribution is -2.46. The normalized spacial score (nSPS) is 17.8. The Bertz CT molecular complexity index is 916. The first-order chi connectivity index (χ1) is 12.6. The summed E-state index contributed by atoms with van der Waals surface area (Å²) in [5.74, 6) is 0.910. The average Bonchev–Trinajstić information content (AvgIpc) is 3.18. The first kappa shape index (κ1) is 17.7. The summed E-state index contributed by atoms with van der Waals surface area (Å²) in [7, 11) is 2.13. The standard InChI is InChI=1S/C18H22ClN5OS/c1-3-14-20-18-24(21-14)17(25)16(26-18)15(12-6-4-5-7-13(12)19)23-10-8-22(2)9-11-23/h4-7,15,25H,3,8-11H2,1-2H3/t15-/m1/s1. The van der Waals surface area contributed by atoms with Gasteiger partial charge in [0, 0.05) is 37.6 Å². The van der Waals surface area contributed by atoms with Gasteiger partial charge >= 0.3 is 0 Å². The topological polar surface area (TPSA) is 56.9 Å². The second-order valence-electron chi connectivity index (χ2n) is 6.63. The average molecular weight is 392 g/mol. The minimum atomic E-state index is -0.101. The minimum absolute atomic E-state index is 0.101. The fourth-order valence-corrected chi connectivity index (χ4v) is 4.77. The molecule has 1 aromatic carbocycles. The highest BCUT2D eigenvalue weighted by atomic mass is 35.5. The second kappa shape index (κ2) is 7.15. The number of halogens is 1. The van der Waals surface area contributed by atoms with Crippen molar-refractivity contribution < 1.29 is 5.11 Å². The van der Waals surface area contributed by atoms with Crippen LogP contribution in [-0.2, 0) is 6.42 Å². The molecule has 0 unspecified atom stereocenters. The van der Waals surface area contributed by atoms with Gasteiger partial charge in [-0.2, -0.15) is 4.52 Å². The maximum Gasteiger partial charge on any atom is 0.230 e. The van der Waals surface area contributed by atoms with Gasteiger partial charge in [0.05, 0.1) is 10.9 Å². The molecule has 1 aliphatic rings. The van der Waals surface area contributed by atoms with Crippen molar-refractivity contribution in [1.82, 2.24) is 24.4 Å². The molecule has 4 rings (SSSR count). The van der Waals surface area contributed by atoms with Gasteiger partial charge in [-0.15, -0.1) is 5.10 Å². The third-order valence-electron chi connectivity index (χ3n) is 4.91. The van der Waals surface area contributed by atoms with Gasteiger partial charge in [0.2, 0.25) is 10.8 Å².